The summed E-state index contributed by atoms with van der Waals surface area (Å²) in [5.74, 6) is -0.922. The molecule has 0 aliphatic carbocycles. The lowest BCUT2D eigenvalue weighted by atomic mass is 10.0. The van der Waals surface area contributed by atoms with Crippen LogP contribution in [0.1, 0.15) is 232 Å². The average molecular weight is 859 g/mol. The van der Waals surface area contributed by atoms with Crippen LogP contribution in [0.3, 0.4) is 0 Å². The van der Waals surface area contributed by atoms with E-state index < -0.39 is 51.8 Å². The van der Waals surface area contributed by atoms with Gasteiger partial charge in [0.25, 0.3) is 0 Å². The number of unbranched alkanes of at least 4 members (excludes halogenated alkanes) is 28. The Morgan fingerprint density at radius 2 is 0.831 bits per heavy atom. The zero-order chi connectivity index (χ0) is 43.3. The molecule has 0 aromatic heterocycles. The Bertz CT molecular complexity index is 1040. The second-order valence-electron chi connectivity index (χ2n) is 16.5. The van der Waals surface area contributed by atoms with Gasteiger partial charge in [-0.15, -0.1) is 0 Å². The fourth-order valence-corrected chi connectivity index (χ4v) is 7.60. The molecule has 0 aliphatic rings. The molecule has 0 radical (unpaired) electrons. The third kappa shape index (κ3) is 44.3. The standard InChI is InChI=1S/C48H91O10P/c1-3-5-7-9-11-13-15-17-19-20-21-22-23-24-26-27-29-31-33-35-37-39-47(51)55-43-46(44-57-59(53,54)56-42-45(50)41-49)58-48(52)40-38-36-34-32-30-28-25-18-16-14-12-10-8-6-4-2/h14,16-17,19,45-46,49-50H,3-13,15,18,20-44H2,1-2H3,(H,53,54)/b16-14+,19-17+/t45-,46+/m1/s1. The molecule has 59 heavy (non-hydrogen) atoms. The Morgan fingerprint density at radius 1 is 0.492 bits per heavy atom. The van der Waals surface area contributed by atoms with Crippen molar-refractivity contribution in [3.8, 4) is 0 Å². The van der Waals surface area contributed by atoms with Crippen molar-refractivity contribution in [1.82, 2.24) is 0 Å². The maximum Gasteiger partial charge on any atom is 0.472 e. The van der Waals surface area contributed by atoms with E-state index in [0.717, 1.165) is 44.9 Å². The highest BCUT2D eigenvalue weighted by Crippen LogP contribution is 2.43. The van der Waals surface area contributed by atoms with E-state index in [1.807, 2.05) is 0 Å². The summed E-state index contributed by atoms with van der Waals surface area (Å²) in [6.07, 6.45) is 45.7. The van der Waals surface area contributed by atoms with Gasteiger partial charge in [-0.25, -0.2) is 4.57 Å². The average Bonchev–Trinajstić information content (AvgIpc) is 3.22. The maximum absolute atomic E-state index is 12.6. The van der Waals surface area contributed by atoms with Gasteiger partial charge in [0.15, 0.2) is 6.10 Å². The van der Waals surface area contributed by atoms with Gasteiger partial charge in [0.05, 0.1) is 19.8 Å². The Hall–Kier alpha value is -1.55. The summed E-state index contributed by atoms with van der Waals surface area (Å²) in [5, 5.41) is 18.4. The van der Waals surface area contributed by atoms with Gasteiger partial charge < -0.3 is 24.6 Å². The summed E-state index contributed by atoms with van der Waals surface area (Å²) in [6, 6.07) is 0. The van der Waals surface area contributed by atoms with Crippen LogP contribution in [0.25, 0.3) is 0 Å². The first-order valence-electron chi connectivity index (χ1n) is 24.3. The summed E-state index contributed by atoms with van der Waals surface area (Å²) in [5.41, 5.74) is 0. The highest BCUT2D eigenvalue weighted by Gasteiger charge is 2.27. The van der Waals surface area contributed by atoms with Crippen molar-refractivity contribution in [1.29, 1.82) is 0 Å². The summed E-state index contributed by atoms with van der Waals surface area (Å²) in [6.45, 7) is 2.39. The summed E-state index contributed by atoms with van der Waals surface area (Å²) in [4.78, 5) is 35.1. The minimum absolute atomic E-state index is 0.181. The third-order valence-corrected chi connectivity index (χ3v) is 11.5. The molecule has 0 bridgehead atoms. The first-order chi connectivity index (χ1) is 28.7. The summed E-state index contributed by atoms with van der Waals surface area (Å²) >= 11 is 0. The van der Waals surface area contributed by atoms with E-state index in [1.54, 1.807) is 0 Å². The van der Waals surface area contributed by atoms with Crippen molar-refractivity contribution in [2.45, 2.75) is 244 Å². The molecule has 0 spiro atoms. The molecule has 348 valence electrons. The number of ether oxygens (including phenoxy) is 2. The van der Waals surface area contributed by atoms with Crippen LogP contribution in [0.2, 0.25) is 0 Å². The van der Waals surface area contributed by atoms with Crippen LogP contribution in [0.5, 0.6) is 0 Å². The number of aliphatic hydroxyl groups is 2. The fraction of sp³-hybridized carbons (Fsp3) is 0.875. The van der Waals surface area contributed by atoms with Gasteiger partial charge in [-0.05, 0) is 64.2 Å². The lowest BCUT2D eigenvalue weighted by molar-refractivity contribution is -0.161. The Labute approximate surface area is 361 Å². The number of phosphoric ester groups is 1. The second-order valence-corrected chi connectivity index (χ2v) is 17.9. The van der Waals surface area contributed by atoms with Gasteiger partial charge in [-0.1, -0.05) is 179 Å². The van der Waals surface area contributed by atoms with Crippen LogP contribution in [0.4, 0.5) is 0 Å². The Balaban J connectivity index is 4.17. The normalized spacial score (nSPS) is 13.9. The minimum Gasteiger partial charge on any atom is -0.462 e. The lowest BCUT2D eigenvalue weighted by Gasteiger charge is -2.20. The van der Waals surface area contributed by atoms with Crippen molar-refractivity contribution in [2.24, 2.45) is 0 Å². The molecule has 3 atom stereocenters. The molecule has 0 aliphatic heterocycles. The summed E-state index contributed by atoms with van der Waals surface area (Å²) in [7, 11) is -4.62. The van der Waals surface area contributed by atoms with Gasteiger partial charge in [-0.3, -0.25) is 18.6 Å². The molecule has 1 unspecified atom stereocenters. The topological polar surface area (TPSA) is 149 Å². The molecule has 0 fully saturated rings. The maximum atomic E-state index is 12.6. The predicted octanol–water partition coefficient (Wildman–Crippen LogP) is 13.3. The highest BCUT2D eigenvalue weighted by atomic mass is 31.2. The molecule has 0 saturated heterocycles. The minimum atomic E-state index is -4.62. The van der Waals surface area contributed by atoms with Gasteiger partial charge in [0.1, 0.15) is 12.7 Å². The number of hydrogen-bond donors (Lipinski definition) is 3. The van der Waals surface area contributed by atoms with Gasteiger partial charge in [0.2, 0.25) is 0 Å². The lowest BCUT2D eigenvalue weighted by Crippen LogP contribution is -2.29. The van der Waals surface area contributed by atoms with E-state index in [0.29, 0.717) is 12.8 Å². The Morgan fingerprint density at radius 3 is 1.24 bits per heavy atom. The summed E-state index contributed by atoms with van der Waals surface area (Å²) < 4.78 is 32.8. The molecule has 10 nitrogen and oxygen atoms in total. The zero-order valence-corrected chi connectivity index (χ0v) is 38.9. The van der Waals surface area contributed by atoms with E-state index in [2.05, 4.69) is 38.2 Å². The van der Waals surface area contributed by atoms with Crippen LogP contribution in [-0.2, 0) is 32.7 Å². The number of allylic oxidation sites excluding steroid dienone is 4. The third-order valence-electron chi connectivity index (χ3n) is 10.6. The molecule has 0 rings (SSSR count). The van der Waals surface area contributed by atoms with Crippen molar-refractivity contribution < 1.29 is 47.8 Å². The largest absolute Gasteiger partial charge is 0.472 e. The van der Waals surface area contributed by atoms with Gasteiger partial charge in [0, 0.05) is 12.8 Å². The van der Waals surface area contributed by atoms with Crippen LogP contribution in [0.15, 0.2) is 24.3 Å². The number of carbonyl (C=O) groups excluding carboxylic acids is 2. The van der Waals surface area contributed by atoms with Crippen LogP contribution in [-0.4, -0.2) is 65.7 Å². The van der Waals surface area contributed by atoms with E-state index in [1.165, 1.54) is 148 Å². The fourth-order valence-electron chi connectivity index (χ4n) is 6.81. The smallest absolute Gasteiger partial charge is 0.462 e. The zero-order valence-electron chi connectivity index (χ0n) is 38.0. The molecule has 11 heteroatoms. The number of phosphoric acid groups is 1. The van der Waals surface area contributed by atoms with Crippen LogP contribution >= 0.6 is 7.82 Å². The highest BCUT2D eigenvalue weighted by molar-refractivity contribution is 7.47. The van der Waals surface area contributed by atoms with Crippen molar-refractivity contribution in [2.75, 3.05) is 26.4 Å². The molecule has 3 N–H and O–H groups in total. The Kier molecular flexibility index (Phi) is 43.3. The number of esters is 2. The number of rotatable bonds is 46. The van der Waals surface area contributed by atoms with Crippen molar-refractivity contribution in [3.63, 3.8) is 0 Å². The molecular weight excluding hydrogens is 767 g/mol. The van der Waals surface area contributed by atoms with Crippen molar-refractivity contribution in [3.05, 3.63) is 24.3 Å². The number of aliphatic hydroxyl groups excluding tert-OH is 2. The van der Waals surface area contributed by atoms with Gasteiger partial charge >= 0.3 is 19.8 Å². The molecule has 0 aromatic carbocycles. The van der Waals surface area contributed by atoms with Crippen molar-refractivity contribution >= 4 is 19.8 Å². The van der Waals surface area contributed by atoms with E-state index in [4.69, 9.17) is 23.6 Å². The first kappa shape index (κ1) is 57.4. The molecule has 0 heterocycles. The molecule has 0 amide bonds. The SMILES string of the molecule is CCCCCC/C=C/CCCCCCCCCC(=O)O[C@@H](COC(=O)CCCCCCCCCCCCC/C=C/CCCCCCCC)COP(=O)(O)OC[C@H](O)CO. The van der Waals surface area contributed by atoms with Gasteiger partial charge in [-0.2, -0.15) is 0 Å². The number of hydrogen-bond acceptors (Lipinski definition) is 9. The first-order valence-corrected chi connectivity index (χ1v) is 25.8. The molecular formula is C48H91O10P. The quantitative estimate of drug-likeness (QED) is 0.0234. The van der Waals surface area contributed by atoms with E-state index in [-0.39, 0.29) is 19.4 Å². The number of carbonyl (C=O) groups is 2. The monoisotopic (exact) mass is 859 g/mol. The van der Waals surface area contributed by atoms with E-state index in [9.17, 15) is 24.2 Å². The molecule has 0 aromatic rings. The second kappa shape index (κ2) is 44.5. The molecule has 0 saturated carbocycles. The van der Waals surface area contributed by atoms with Crippen LogP contribution in [0, 0.1) is 0 Å². The van der Waals surface area contributed by atoms with Crippen LogP contribution < -0.4 is 0 Å². The predicted molar refractivity (Wildman–Crippen MR) is 242 cm³/mol. The van der Waals surface area contributed by atoms with E-state index >= 15 is 0 Å².